The molecule has 1 unspecified atom stereocenters. The van der Waals surface area contributed by atoms with Crippen LogP contribution in [-0.4, -0.2) is 81.8 Å². The lowest BCUT2D eigenvalue weighted by atomic mass is 10.1. The number of rotatable bonds is 3. The zero-order valence-corrected chi connectivity index (χ0v) is 8.64. The average Bonchev–Trinajstić information content (AvgIpc) is 2.89. The summed E-state index contributed by atoms with van der Waals surface area (Å²) in [4.78, 5) is 0. The van der Waals surface area contributed by atoms with Crippen molar-refractivity contribution in [3.8, 4) is 0 Å². The van der Waals surface area contributed by atoms with E-state index < -0.39 is 37.3 Å². The second kappa shape index (κ2) is 4.64. The Balaban J connectivity index is 2.07. The second-order valence-electron chi connectivity index (χ2n) is 3.94. The first-order valence-electron chi connectivity index (χ1n) is 5.16. The van der Waals surface area contributed by atoms with E-state index in [4.69, 9.17) is 14.6 Å². The van der Waals surface area contributed by atoms with Gasteiger partial charge in [0.2, 0.25) is 0 Å². The molecule has 92 valence electrons. The molecule has 0 spiro atoms. The van der Waals surface area contributed by atoms with Gasteiger partial charge in [-0.3, -0.25) is 0 Å². The zero-order chi connectivity index (χ0) is 11.7. The van der Waals surface area contributed by atoms with Gasteiger partial charge < -0.3 is 29.9 Å². The van der Waals surface area contributed by atoms with Gasteiger partial charge in [0, 0.05) is 0 Å². The smallest absolute Gasteiger partial charge is 0.326 e. The van der Waals surface area contributed by atoms with Gasteiger partial charge in [-0.05, 0) is 0 Å². The van der Waals surface area contributed by atoms with Crippen molar-refractivity contribution in [2.24, 2.45) is 0 Å². The van der Waals surface area contributed by atoms with E-state index in [-0.39, 0.29) is 0 Å². The molecule has 5 atom stereocenters. The van der Waals surface area contributed by atoms with Crippen LogP contribution in [0.15, 0.2) is 0 Å². The Labute approximate surface area is 92.2 Å². The third-order valence-electron chi connectivity index (χ3n) is 2.85. The first-order chi connectivity index (χ1) is 7.65. The lowest BCUT2D eigenvalue weighted by Crippen LogP contribution is -2.41. The van der Waals surface area contributed by atoms with E-state index in [1.807, 2.05) is 0 Å². The standard InChI is InChI=1S/C9H16NO6/c11-3-5(12)8-6(13)7(14)9(16-8)10-1-2-15-4-10/h4-9,11-14H,1-3H2/q+1/t5-,6-,7-,8-,9?/m1/s1. The molecule has 1 fully saturated rings. The summed E-state index contributed by atoms with van der Waals surface area (Å²) >= 11 is 0. The van der Waals surface area contributed by atoms with E-state index in [1.165, 1.54) is 6.40 Å². The summed E-state index contributed by atoms with van der Waals surface area (Å²) in [6.45, 7) is 0.521. The molecule has 2 heterocycles. The number of aliphatic hydroxyl groups excluding tert-OH is 4. The maximum Gasteiger partial charge on any atom is 0.326 e. The van der Waals surface area contributed by atoms with Crippen LogP contribution in [0.2, 0.25) is 0 Å². The van der Waals surface area contributed by atoms with Gasteiger partial charge in [-0.2, -0.15) is 4.58 Å². The first kappa shape index (κ1) is 11.7. The Morgan fingerprint density at radius 1 is 1.38 bits per heavy atom. The van der Waals surface area contributed by atoms with Gasteiger partial charge in [0.25, 0.3) is 6.23 Å². The fourth-order valence-electron chi connectivity index (χ4n) is 1.93. The van der Waals surface area contributed by atoms with Crippen LogP contribution >= 0.6 is 0 Å². The lowest BCUT2D eigenvalue weighted by Gasteiger charge is -2.17. The number of hydrogen-bond donors (Lipinski definition) is 4. The van der Waals surface area contributed by atoms with Gasteiger partial charge in [-0.15, -0.1) is 0 Å². The molecule has 2 aliphatic heterocycles. The minimum atomic E-state index is -1.22. The van der Waals surface area contributed by atoms with E-state index in [9.17, 15) is 15.3 Å². The van der Waals surface area contributed by atoms with Gasteiger partial charge in [0.15, 0.2) is 19.3 Å². The predicted molar refractivity (Wildman–Crippen MR) is 50.9 cm³/mol. The van der Waals surface area contributed by atoms with E-state index in [0.717, 1.165) is 0 Å². The molecule has 0 aromatic heterocycles. The van der Waals surface area contributed by atoms with Crippen LogP contribution in [0.3, 0.4) is 0 Å². The van der Waals surface area contributed by atoms with Crippen LogP contribution in [0, 0.1) is 0 Å². The molecular weight excluding hydrogens is 218 g/mol. The van der Waals surface area contributed by atoms with Crippen LogP contribution in [0.25, 0.3) is 0 Å². The summed E-state index contributed by atoms with van der Waals surface area (Å²) in [6.07, 6.45) is -3.87. The highest BCUT2D eigenvalue weighted by Gasteiger charge is 2.51. The number of nitrogens with zero attached hydrogens (tertiary/aromatic N) is 1. The van der Waals surface area contributed by atoms with Gasteiger partial charge >= 0.3 is 6.40 Å². The molecule has 16 heavy (non-hydrogen) atoms. The predicted octanol–water partition coefficient (Wildman–Crippen LogP) is -3.14. The highest BCUT2D eigenvalue weighted by atomic mass is 16.6. The van der Waals surface area contributed by atoms with Crippen LogP contribution in [-0.2, 0) is 9.47 Å². The quantitative estimate of drug-likeness (QED) is 0.385. The zero-order valence-electron chi connectivity index (χ0n) is 8.64. The lowest BCUT2D eigenvalue weighted by molar-refractivity contribution is -0.607. The Bertz CT molecular complexity index is 283. The third-order valence-corrected chi connectivity index (χ3v) is 2.85. The Hall–Kier alpha value is -0.730. The highest BCUT2D eigenvalue weighted by molar-refractivity contribution is 5.40. The average molecular weight is 234 g/mol. The van der Waals surface area contributed by atoms with Crippen LogP contribution in [0.5, 0.6) is 0 Å². The SMILES string of the molecule is OC[C@@H](O)[C@H]1OC([N+]2=COCC2)[C@H](O)[C@H]1O. The van der Waals surface area contributed by atoms with Crippen molar-refractivity contribution in [2.75, 3.05) is 19.8 Å². The van der Waals surface area contributed by atoms with Crippen molar-refractivity contribution in [1.29, 1.82) is 0 Å². The van der Waals surface area contributed by atoms with Crippen molar-refractivity contribution >= 4 is 6.40 Å². The summed E-state index contributed by atoms with van der Waals surface area (Å²) < 4.78 is 11.9. The molecule has 7 heteroatoms. The number of ether oxygens (including phenoxy) is 2. The van der Waals surface area contributed by atoms with Gasteiger partial charge in [-0.25, -0.2) is 0 Å². The van der Waals surface area contributed by atoms with Gasteiger partial charge in [-0.1, -0.05) is 0 Å². The van der Waals surface area contributed by atoms with E-state index in [1.54, 1.807) is 4.58 Å². The third kappa shape index (κ3) is 1.92. The molecule has 2 aliphatic rings. The molecule has 7 nitrogen and oxygen atoms in total. The molecule has 0 aromatic rings. The van der Waals surface area contributed by atoms with E-state index >= 15 is 0 Å². The summed E-state index contributed by atoms with van der Waals surface area (Å²) in [5, 5.41) is 37.6. The molecule has 0 bridgehead atoms. The fraction of sp³-hybridized carbons (Fsp3) is 0.889. The minimum Gasteiger partial charge on any atom is -0.444 e. The van der Waals surface area contributed by atoms with Crippen LogP contribution in [0.4, 0.5) is 0 Å². The van der Waals surface area contributed by atoms with E-state index in [0.29, 0.717) is 13.2 Å². The monoisotopic (exact) mass is 234 g/mol. The molecular formula is C9H16NO6+. The van der Waals surface area contributed by atoms with Crippen molar-refractivity contribution in [1.82, 2.24) is 0 Å². The normalized spacial score (nSPS) is 40.6. The van der Waals surface area contributed by atoms with Crippen LogP contribution in [0.1, 0.15) is 0 Å². The molecule has 0 radical (unpaired) electrons. The van der Waals surface area contributed by atoms with Crippen molar-refractivity contribution in [3.63, 3.8) is 0 Å². The minimum absolute atomic E-state index is 0.496. The summed E-state index contributed by atoms with van der Waals surface area (Å²) in [7, 11) is 0. The van der Waals surface area contributed by atoms with Gasteiger partial charge in [0.05, 0.1) is 6.61 Å². The molecule has 1 saturated heterocycles. The van der Waals surface area contributed by atoms with Crippen molar-refractivity contribution in [2.45, 2.75) is 30.6 Å². The highest BCUT2D eigenvalue weighted by Crippen LogP contribution is 2.24. The molecule has 0 aromatic carbocycles. The van der Waals surface area contributed by atoms with Crippen molar-refractivity contribution < 1.29 is 34.5 Å². The second-order valence-corrected chi connectivity index (χ2v) is 3.94. The Morgan fingerprint density at radius 3 is 2.69 bits per heavy atom. The Morgan fingerprint density at radius 2 is 2.12 bits per heavy atom. The summed E-state index contributed by atoms with van der Waals surface area (Å²) in [5.41, 5.74) is 0. The molecule has 4 N–H and O–H groups in total. The first-order valence-corrected chi connectivity index (χ1v) is 5.16. The van der Waals surface area contributed by atoms with Crippen molar-refractivity contribution in [3.05, 3.63) is 0 Å². The summed E-state index contributed by atoms with van der Waals surface area (Å²) in [5.74, 6) is 0. The van der Waals surface area contributed by atoms with Gasteiger partial charge in [0.1, 0.15) is 18.3 Å². The molecule has 0 amide bonds. The maximum atomic E-state index is 9.75. The largest absolute Gasteiger partial charge is 0.444 e. The molecule has 0 aliphatic carbocycles. The summed E-state index contributed by atoms with van der Waals surface area (Å²) in [6, 6.07) is 0. The van der Waals surface area contributed by atoms with E-state index in [2.05, 4.69) is 0 Å². The number of aliphatic hydroxyl groups is 4. The Kier molecular flexibility index (Phi) is 3.41. The fourth-order valence-corrected chi connectivity index (χ4v) is 1.93. The topological polar surface area (TPSA) is 102 Å². The van der Waals surface area contributed by atoms with Crippen LogP contribution < -0.4 is 0 Å². The molecule has 2 rings (SSSR count). The molecule has 0 saturated carbocycles. The number of hydrogen-bond acceptors (Lipinski definition) is 6. The maximum absolute atomic E-state index is 9.75.